The highest BCUT2D eigenvalue weighted by Crippen LogP contribution is 1.91. The van der Waals surface area contributed by atoms with Gasteiger partial charge in [-0.3, -0.25) is 4.79 Å². The van der Waals surface area contributed by atoms with Crippen LogP contribution in [0.2, 0.25) is 0 Å². The highest BCUT2D eigenvalue weighted by Gasteiger charge is 1.91. The van der Waals surface area contributed by atoms with Crippen molar-refractivity contribution in [3.63, 3.8) is 0 Å². The molecule has 0 atom stereocenters. The number of Topliss-reactive ketones (excluding diaryl/α,β-unsaturated/α-hetero) is 1. The zero-order valence-corrected chi connectivity index (χ0v) is 8.23. The smallest absolute Gasteiger partial charge is 0.341 e. The van der Waals surface area contributed by atoms with E-state index in [1.165, 1.54) is 0 Å². The minimum absolute atomic E-state index is 0.130. The largest absolute Gasteiger partial charge is 0.477 e. The molecule has 4 heteroatoms. The lowest BCUT2D eigenvalue weighted by Crippen LogP contribution is -1.89. The van der Waals surface area contributed by atoms with Gasteiger partial charge in [-0.25, -0.2) is 4.79 Å². The van der Waals surface area contributed by atoms with Crippen molar-refractivity contribution in [1.29, 1.82) is 0 Å². The van der Waals surface area contributed by atoms with Crippen molar-refractivity contribution >= 4 is 24.4 Å². The van der Waals surface area contributed by atoms with E-state index in [9.17, 15) is 9.59 Å². The molecule has 0 fully saturated rings. The minimum atomic E-state index is -1.07. The molecule has 0 aliphatic heterocycles. The zero-order chi connectivity index (χ0) is 10.1. The van der Waals surface area contributed by atoms with Gasteiger partial charge < -0.3 is 5.11 Å². The summed E-state index contributed by atoms with van der Waals surface area (Å²) in [5.74, 6) is -0.728. The average Bonchev–Trinajstić information content (AvgIpc) is 2.04. The van der Waals surface area contributed by atoms with Crippen LogP contribution in [0.3, 0.4) is 0 Å². The van der Waals surface area contributed by atoms with E-state index >= 15 is 0 Å². The van der Waals surface area contributed by atoms with Gasteiger partial charge in [0.2, 0.25) is 0 Å². The van der Waals surface area contributed by atoms with E-state index in [1.54, 1.807) is 0 Å². The molecule has 0 saturated heterocycles. The number of hydrogen-bond acceptors (Lipinski definition) is 3. The van der Waals surface area contributed by atoms with Crippen molar-refractivity contribution in [2.45, 2.75) is 26.7 Å². The molecule has 1 N–H and O–H groups in total. The van der Waals surface area contributed by atoms with Crippen LogP contribution in [0.25, 0.3) is 0 Å². The Kier molecular flexibility index (Phi) is 9.57. The van der Waals surface area contributed by atoms with Gasteiger partial charge in [-0.2, -0.15) is 0 Å². The number of aliphatic carboxylic acids is 1. The van der Waals surface area contributed by atoms with E-state index in [0.717, 1.165) is 0 Å². The predicted molar refractivity (Wildman–Crippen MR) is 51.4 cm³/mol. The Morgan fingerprint density at radius 3 is 1.58 bits per heavy atom. The first-order valence-corrected chi connectivity index (χ1v) is 4.03. The van der Waals surface area contributed by atoms with Crippen molar-refractivity contribution in [3.8, 4) is 0 Å². The number of ketones is 1. The second-order valence-electron chi connectivity index (χ2n) is 2.00. The predicted octanol–water partition coefficient (Wildman–Crippen LogP) is 1.89. The van der Waals surface area contributed by atoms with Crippen LogP contribution in [0, 0.1) is 0 Å². The number of carboxylic acids is 1. The summed E-state index contributed by atoms with van der Waals surface area (Å²) in [7, 11) is 0. The number of hydrogen-bond donors (Lipinski definition) is 2. The SMILES string of the molecule is C=C(S)C(=O)O.CCC(=O)CC. The first kappa shape index (κ1) is 13.8. The van der Waals surface area contributed by atoms with Crippen molar-refractivity contribution < 1.29 is 14.7 Å². The Balaban J connectivity index is 0. The molecule has 0 aromatic carbocycles. The summed E-state index contributed by atoms with van der Waals surface area (Å²) >= 11 is 3.40. The van der Waals surface area contributed by atoms with Gasteiger partial charge in [-0.05, 0) is 0 Å². The van der Waals surface area contributed by atoms with Crippen LogP contribution in [0.1, 0.15) is 26.7 Å². The van der Waals surface area contributed by atoms with E-state index in [-0.39, 0.29) is 4.91 Å². The highest BCUT2D eigenvalue weighted by molar-refractivity contribution is 7.85. The quantitative estimate of drug-likeness (QED) is 0.528. The Morgan fingerprint density at radius 1 is 1.33 bits per heavy atom. The van der Waals surface area contributed by atoms with Gasteiger partial charge in [0.15, 0.2) is 0 Å². The van der Waals surface area contributed by atoms with Crippen molar-refractivity contribution in [2.24, 2.45) is 0 Å². The van der Waals surface area contributed by atoms with Crippen LogP contribution in [-0.2, 0) is 9.59 Å². The maximum Gasteiger partial charge on any atom is 0.341 e. The van der Waals surface area contributed by atoms with Crippen LogP contribution >= 0.6 is 12.6 Å². The molecule has 3 nitrogen and oxygen atoms in total. The average molecular weight is 190 g/mol. The Hall–Kier alpha value is -0.770. The van der Waals surface area contributed by atoms with Crippen LogP contribution in [0.15, 0.2) is 11.5 Å². The van der Waals surface area contributed by atoms with Gasteiger partial charge in [-0.1, -0.05) is 20.4 Å². The van der Waals surface area contributed by atoms with Gasteiger partial charge in [0.05, 0.1) is 4.91 Å². The second kappa shape index (κ2) is 8.33. The topological polar surface area (TPSA) is 54.4 Å². The second-order valence-corrected chi connectivity index (χ2v) is 2.54. The molecule has 0 saturated carbocycles. The third-order valence-corrected chi connectivity index (χ3v) is 1.23. The van der Waals surface area contributed by atoms with E-state index in [0.29, 0.717) is 18.6 Å². The Bertz CT molecular complexity index is 157. The molecule has 0 aliphatic carbocycles. The number of carboxylic acid groups (broad SMARTS) is 1. The number of thiol groups is 1. The lowest BCUT2D eigenvalue weighted by molar-refractivity contribution is -0.131. The molecule has 0 spiro atoms. The van der Waals surface area contributed by atoms with Gasteiger partial charge in [0.25, 0.3) is 0 Å². The summed E-state index contributed by atoms with van der Waals surface area (Å²) in [5.41, 5.74) is 0. The minimum Gasteiger partial charge on any atom is -0.477 e. The van der Waals surface area contributed by atoms with Gasteiger partial charge in [-0.15, -0.1) is 12.6 Å². The number of carbonyl (C=O) groups is 2. The van der Waals surface area contributed by atoms with Crippen LogP contribution in [0.4, 0.5) is 0 Å². The first-order valence-electron chi connectivity index (χ1n) is 3.58. The summed E-state index contributed by atoms with van der Waals surface area (Å²) < 4.78 is 0. The monoisotopic (exact) mass is 190 g/mol. The molecule has 0 heterocycles. The molecular formula is C8H14O3S. The van der Waals surface area contributed by atoms with Crippen molar-refractivity contribution in [3.05, 3.63) is 11.5 Å². The molecule has 0 bridgehead atoms. The molecule has 12 heavy (non-hydrogen) atoms. The molecule has 70 valence electrons. The molecule has 0 amide bonds. The fourth-order valence-electron chi connectivity index (χ4n) is 0.250. The summed E-state index contributed by atoms with van der Waals surface area (Å²) in [5, 5.41) is 7.81. The fraction of sp³-hybridized carbons (Fsp3) is 0.500. The molecule has 0 aromatic rings. The van der Waals surface area contributed by atoms with Gasteiger partial charge in [0.1, 0.15) is 5.78 Å². The van der Waals surface area contributed by atoms with E-state index in [2.05, 4.69) is 19.2 Å². The molecule has 0 unspecified atom stereocenters. The zero-order valence-electron chi connectivity index (χ0n) is 7.33. The standard InChI is InChI=1S/C5H10O.C3H4O2S/c1-3-5(6)4-2;1-2(6)3(4)5/h3-4H2,1-2H3;6H,1H2,(H,4,5). The highest BCUT2D eigenvalue weighted by atomic mass is 32.1. The van der Waals surface area contributed by atoms with Crippen molar-refractivity contribution in [2.75, 3.05) is 0 Å². The summed E-state index contributed by atoms with van der Waals surface area (Å²) in [6.45, 7) is 6.78. The van der Waals surface area contributed by atoms with Crippen LogP contribution in [0.5, 0.6) is 0 Å². The van der Waals surface area contributed by atoms with E-state index in [4.69, 9.17) is 5.11 Å². The lowest BCUT2D eigenvalue weighted by Gasteiger charge is -1.81. The summed E-state index contributed by atoms with van der Waals surface area (Å²) in [6, 6.07) is 0. The summed E-state index contributed by atoms with van der Waals surface area (Å²) in [4.78, 5) is 19.6. The lowest BCUT2D eigenvalue weighted by atomic mass is 10.3. The van der Waals surface area contributed by atoms with Crippen molar-refractivity contribution in [1.82, 2.24) is 0 Å². The van der Waals surface area contributed by atoms with E-state index < -0.39 is 5.97 Å². The Labute approximate surface area is 77.9 Å². The first-order chi connectivity index (χ1) is 5.45. The number of rotatable bonds is 3. The molecular weight excluding hydrogens is 176 g/mol. The van der Waals surface area contributed by atoms with E-state index in [1.807, 2.05) is 13.8 Å². The third kappa shape index (κ3) is 12.0. The van der Waals surface area contributed by atoms with Gasteiger partial charge in [0, 0.05) is 12.8 Å². The third-order valence-electron chi connectivity index (χ3n) is 1.04. The molecule has 0 aromatic heterocycles. The maximum absolute atomic E-state index is 10.2. The fourth-order valence-corrected chi connectivity index (χ4v) is 0.250. The summed E-state index contributed by atoms with van der Waals surface area (Å²) in [6.07, 6.45) is 1.38. The maximum atomic E-state index is 10.2. The molecule has 0 rings (SSSR count). The normalized spacial score (nSPS) is 7.92. The number of carbonyl (C=O) groups excluding carboxylic acids is 1. The molecule has 0 aliphatic rings. The molecule has 0 radical (unpaired) electrons. The van der Waals surface area contributed by atoms with Gasteiger partial charge >= 0.3 is 5.97 Å². The Morgan fingerprint density at radius 2 is 1.58 bits per heavy atom. The van der Waals surface area contributed by atoms with Crippen LogP contribution < -0.4 is 0 Å². The van der Waals surface area contributed by atoms with Crippen LogP contribution in [-0.4, -0.2) is 16.9 Å².